The Morgan fingerprint density at radius 1 is 1.22 bits per heavy atom. The summed E-state index contributed by atoms with van der Waals surface area (Å²) >= 11 is 0. The fraction of sp³-hybridized carbons (Fsp3) is 0.619. The van der Waals surface area contributed by atoms with Crippen LogP contribution in [0.25, 0.3) is 0 Å². The molecule has 0 spiro atoms. The molecule has 2 rings (SSSR count). The molecular weight excluding hydrogens is 345 g/mol. The van der Waals surface area contributed by atoms with Crippen LogP contribution >= 0.6 is 0 Å². The van der Waals surface area contributed by atoms with E-state index >= 15 is 0 Å². The predicted molar refractivity (Wildman–Crippen MR) is 105 cm³/mol. The fourth-order valence-electron chi connectivity index (χ4n) is 3.46. The minimum Gasteiger partial charge on any atom is -0.354 e. The van der Waals surface area contributed by atoms with E-state index in [9.17, 15) is 14.0 Å². The number of rotatable bonds is 7. The van der Waals surface area contributed by atoms with Gasteiger partial charge in [-0.1, -0.05) is 26.0 Å². The van der Waals surface area contributed by atoms with Crippen LogP contribution in [0.4, 0.5) is 4.39 Å². The average molecular weight is 378 g/mol. The number of hydrogen-bond acceptors (Lipinski definition) is 3. The van der Waals surface area contributed by atoms with Gasteiger partial charge in [-0.25, -0.2) is 4.39 Å². The van der Waals surface area contributed by atoms with E-state index < -0.39 is 0 Å². The van der Waals surface area contributed by atoms with E-state index in [1.54, 1.807) is 12.1 Å². The molecule has 1 heterocycles. The normalized spacial score (nSPS) is 18.9. The smallest absolute Gasteiger partial charge is 0.224 e. The van der Waals surface area contributed by atoms with Crippen LogP contribution in [0, 0.1) is 11.7 Å². The summed E-state index contributed by atoms with van der Waals surface area (Å²) in [5, 5.41) is 2.91. The summed E-state index contributed by atoms with van der Waals surface area (Å²) in [6.07, 6.45) is 0.880. The number of carbonyl (C=O) groups excluding carboxylic acids is 2. The lowest BCUT2D eigenvalue weighted by Crippen LogP contribution is -2.46. The summed E-state index contributed by atoms with van der Waals surface area (Å²) in [6, 6.07) is 6.54. The molecule has 6 heteroatoms. The Labute approximate surface area is 161 Å². The van der Waals surface area contributed by atoms with Gasteiger partial charge in [0.05, 0.1) is 0 Å². The molecule has 1 N–H and O–H groups in total. The number of carbonyl (C=O) groups is 2. The summed E-state index contributed by atoms with van der Waals surface area (Å²) in [6.45, 7) is 10.7. The van der Waals surface area contributed by atoms with Crippen LogP contribution in [0.1, 0.15) is 46.1 Å². The van der Waals surface area contributed by atoms with Crippen LogP contribution in [0.15, 0.2) is 24.3 Å². The van der Waals surface area contributed by atoms with Crippen molar-refractivity contribution in [2.24, 2.45) is 5.92 Å². The number of hydrogen-bond donors (Lipinski definition) is 1. The molecule has 1 aliphatic heterocycles. The highest BCUT2D eigenvalue weighted by Gasteiger charge is 2.31. The van der Waals surface area contributed by atoms with Gasteiger partial charge in [0.15, 0.2) is 0 Å². The van der Waals surface area contributed by atoms with Gasteiger partial charge in [0.1, 0.15) is 5.82 Å². The van der Waals surface area contributed by atoms with Gasteiger partial charge in [-0.3, -0.25) is 9.59 Å². The maximum absolute atomic E-state index is 13.2. The van der Waals surface area contributed by atoms with Crippen molar-refractivity contribution in [1.82, 2.24) is 15.1 Å². The van der Waals surface area contributed by atoms with Crippen LogP contribution in [0.5, 0.6) is 0 Å². The molecule has 5 nitrogen and oxygen atoms in total. The van der Waals surface area contributed by atoms with Gasteiger partial charge in [-0.2, -0.15) is 0 Å². The molecule has 0 aliphatic carbocycles. The zero-order valence-electron chi connectivity index (χ0n) is 16.9. The average Bonchev–Trinajstić information content (AvgIpc) is 2.74. The van der Waals surface area contributed by atoms with E-state index in [0.29, 0.717) is 38.4 Å². The molecule has 0 bridgehead atoms. The fourth-order valence-corrected chi connectivity index (χ4v) is 3.46. The van der Waals surface area contributed by atoms with E-state index in [2.05, 4.69) is 24.1 Å². The van der Waals surface area contributed by atoms with Crippen molar-refractivity contribution in [3.05, 3.63) is 35.6 Å². The number of nitrogens with one attached hydrogen (secondary N) is 1. The van der Waals surface area contributed by atoms with E-state index in [-0.39, 0.29) is 29.7 Å². The van der Waals surface area contributed by atoms with Crippen molar-refractivity contribution < 1.29 is 14.0 Å². The molecule has 1 fully saturated rings. The highest BCUT2D eigenvalue weighted by Crippen LogP contribution is 2.21. The molecule has 0 saturated carbocycles. The maximum atomic E-state index is 13.2. The molecular formula is C21H32FN3O2. The standard InChI is InChI=1S/C21H32FN3O2/c1-15(2)19-14-24(11-9-20(26)23-16(3)4)12-10-21(27)25(19)13-17-5-7-18(22)8-6-17/h5-8,15-16,19H,9-14H2,1-4H3,(H,23,26)/t19-/m0/s1. The quantitative estimate of drug-likeness (QED) is 0.795. The third-order valence-corrected chi connectivity index (χ3v) is 4.95. The summed E-state index contributed by atoms with van der Waals surface area (Å²) in [7, 11) is 0. The summed E-state index contributed by atoms with van der Waals surface area (Å²) in [5.74, 6) is 0.184. The van der Waals surface area contributed by atoms with Crippen LogP contribution in [0.3, 0.4) is 0 Å². The first kappa shape index (κ1) is 21.4. The zero-order chi connectivity index (χ0) is 20.0. The Balaban J connectivity index is 2.04. The molecule has 1 aromatic carbocycles. The van der Waals surface area contributed by atoms with E-state index in [0.717, 1.165) is 12.1 Å². The van der Waals surface area contributed by atoms with Gasteiger partial charge >= 0.3 is 0 Å². The zero-order valence-corrected chi connectivity index (χ0v) is 16.9. The first-order valence-electron chi connectivity index (χ1n) is 9.82. The second-order valence-electron chi connectivity index (χ2n) is 7.98. The van der Waals surface area contributed by atoms with Gasteiger partial charge in [0.25, 0.3) is 0 Å². The van der Waals surface area contributed by atoms with Gasteiger partial charge in [-0.05, 0) is 37.5 Å². The summed E-state index contributed by atoms with van der Waals surface area (Å²) in [5.41, 5.74) is 0.931. The Hall–Kier alpha value is -1.95. The molecule has 0 radical (unpaired) electrons. The lowest BCUT2D eigenvalue weighted by atomic mass is 10.0. The van der Waals surface area contributed by atoms with Gasteiger partial charge in [-0.15, -0.1) is 0 Å². The van der Waals surface area contributed by atoms with Crippen molar-refractivity contribution in [2.75, 3.05) is 19.6 Å². The Bertz CT molecular complexity index is 631. The van der Waals surface area contributed by atoms with Crippen molar-refractivity contribution in [2.45, 2.75) is 59.2 Å². The van der Waals surface area contributed by atoms with Crippen molar-refractivity contribution >= 4 is 11.8 Å². The maximum Gasteiger partial charge on any atom is 0.224 e. The lowest BCUT2D eigenvalue weighted by Gasteiger charge is -2.35. The molecule has 1 aliphatic rings. The molecule has 2 amide bonds. The lowest BCUT2D eigenvalue weighted by molar-refractivity contribution is -0.134. The van der Waals surface area contributed by atoms with Gasteiger partial charge < -0.3 is 15.1 Å². The van der Waals surface area contributed by atoms with Crippen LogP contribution < -0.4 is 5.32 Å². The van der Waals surface area contributed by atoms with Crippen molar-refractivity contribution in [3.8, 4) is 0 Å². The SMILES string of the molecule is CC(C)NC(=O)CCN1CCC(=O)N(Cc2ccc(F)cc2)[C@H](C(C)C)C1. The van der Waals surface area contributed by atoms with E-state index in [1.807, 2.05) is 18.7 Å². The van der Waals surface area contributed by atoms with E-state index in [1.165, 1.54) is 12.1 Å². The molecule has 1 aromatic rings. The Kier molecular flexibility index (Phi) is 7.78. The van der Waals surface area contributed by atoms with Gasteiger partial charge in [0.2, 0.25) is 11.8 Å². The number of benzene rings is 1. The molecule has 150 valence electrons. The summed E-state index contributed by atoms with van der Waals surface area (Å²) < 4.78 is 13.2. The third-order valence-electron chi connectivity index (χ3n) is 4.95. The molecule has 0 aromatic heterocycles. The number of halogens is 1. The first-order chi connectivity index (χ1) is 12.8. The molecule has 0 unspecified atom stereocenters. The predicted octanol–water partition coefficient (Wildman–Crippen LogP) is 2.80. The largest absolute Gasteiger partial charge is 0.354 e. The monoisotopic (exact) mass is 377 g/mol. The summed E-state index contributed by atoms with van der Waals surface area (Å²) in [4.78, 5) is 28.9. The first-order valence-corrected chi connectivity index (χ1v) is 9.82. The van der Waals surface area contributed by atoms with Gasteiger partial charge in [0, 0.05) is 51.1 Å². The highest BCUT2D eigenvalue weighted by atomic mass is 19.1. The number of nitrogens with zero attached hydrogens (tertiary/aromatic N) is 2. The topological polar surface area (TPSA) is 52.7 Å². The second kappa shape index (κ2) is 9.83. The molecule has 1 atom stereocenters. The Morgan fingerprint density at radius 3 is 2.48 bits per heavy atom. The van der Waals surface area contributed by atoms with Crippen LogP contribution in [-0.4, -0.2) is 53.3 Å². The highest BCUT2D eigenvalue weighted by molar-refractivity contribution is 5.77. The molecule has 27 heavy (non-hydrogen) atoms. The van der Waals surface area contributed by atoms with Crippen molar-refractivity contribution in [1.29, 1.82) is 0 Å². The molecule has 1 saturated heterocycles. The van der Waals surface area contributed by atoms with Crippen LogP contribution in [0.2, 0.25) is 0 Å². The third kappa shape index (κ3) is 6.61. The minimum absolute atomic E-state index is 0.0461. The minimum atomic E-state index is -0.271. The Morgan fingerprint density at radius 2 is 1.89 bits per heavy atom. The van der Waals surface area contributed by atoms with E-state index in [4.69, 9.17) is 0 Å². The van der Waals surface area contributed by atoms with Crippen molar-refractivity contribution in [3.63, 3.8) is 0 Å². The van der Waals surface area contributed by atoms with Crippen LogP contribution in [-0.2, 0) is 16.1 Å². The number of amides is 2. The second-order valence-corrected chi connectivity index (χ2v) is 7.98.